The first-order valence-corrected chi connectivity index (χ1v) is 8.31. The lowest BCUT2D eigenvalue weighted by Gasteiger charge is -2.12. The molecule has 4 nitrogen and oxygen atoms in total. The van der Waals surface area contributed by atoms with E-state index < -0.39 is 9.84 Å². The molecule has 0 saturated carbocycles. The average molecular weight is 327 g/mol. The molecular weight excluding hydrogens is 312 g/mol. The first-order chi connectivity index (χ1) is 9.89. The van der Waals surface area contributed by atoms with Gasteiger partial charge in [0.15, 0.2) is 9.84 Å². The van der Waals surface area contributed by atoms with Crippen LogP contribution in [0.25, 0.3) is 11.1 Å². The Morgan fingerprint density at radius 1 is 1.14 bits per heavy atom. The largest absolute Gasteiger partial charge is 0.508 e. The number of hydrogen-bond acceptors (Lipinski definition) is 4. The van der Waals surface area contributed by atoms with Gasteiger partial charge in [-0.05, 0) is 36.4 Å². The fourth-order valence-electron chi connectivity index (χ4n) is 1.97. The molecule has 0 aliphatic heterocycles. The number of phenols is 1. The van der Waals surface area contributed by atoms with E-state index in [4.69, 9.17) is 16.3 Å². The van der Waals surface area contributed by atoms with E-state index in [2.05, 4.69) is 0 Å². The molecule has 6 heteroatoms. The van der Waals surface area contributed by atoms with Gasteiger partial charge in [-0.3, -0.25) is 0 Å². The van der Waals surface area contributed by atoms with Crippen LogP contribution in [0.3, 0.4) is 0 Å². The maximum Gasteiger partial charge on any atom is 0.178 e. The third-order valence-corrected chi connectivity index (χ3v) is 5.21. The maximum absolute atomic E-state index is 11.9. The Hall–Kier alpha value is -1.72. The molecule has 112 valence electrons. The van der Waals surface area contributed by atoms with Crippen LogP contribution in [0.15, 0.2) is 41.3 Å². The van der Waals surface area contributed by atoms with Crippen molar-refractivity contribution < 1.29 is 18.3 Å². The van der Waals surface area contributed by atoms with E-state index in [1.54, 1.807) is 19.1 Å². The van der Waals surface area contributed by atoms with Gasteiger partial charge in [-0.15, -0.1) is 0 Å². The highest BCUT2D eigenvalue weighted by atomic mass is 35.5. The molecule has 0 saturated heterocycles. The van der Waals surface area contributed by atoms with Gasteiger partial charge < -0.3 is 9.84 Å². The minimum absolute atomic E-state index is 0.0163. The predicted molar refractivity (Wildman–Crippen MR) is 82.8 cm³/mol. The molecule has 2 rings (SSSR count). The maximum atomic E-state index is 11.9. The van der Waals surface area contributed by atoms with Crippen molar-refractivity contribution in [1.29, 1.82) is 0 Å². The van der Waals surface area contributed by atoms with E-state index in [0.717, 1.165) is 0 Å². The third kappa shape index (κ3) is 3.14. The first kappa shape index (κ1) is 15.7. The molecular formula is C15H15ClO4S. The molecule has 0 atom stereocenters. The summed E-state index contributed by atoms with van der Waals surface area (Å²) in [4.78, 5) is 0.196. The van der Waals surface area contributed by atoms with Crippen LogP contribution in [0.5, 0.6) is 11.5 Å². The lowest BCUT2D eigenvalue weighted by Crippen LogP contribution is -2.04. The SMILES string of the molecule is CCS(=O)(=O)c1ccc(-c2cc(O)ccc2Cl)c(OC)c1. The lowest BCUT2D eigenvalue weighted by molar-refractivity contribution is 0.415. The summed E-state index contributed by atoms with van der Waals surface area (Å²) in [5.41, 5.74) is 1.20. The van der Waals surface area contributed by atoms with Gasteiger partial charge in [0.25, 0.3) is 0 Å². The van der Waals surface area contributed by atoms with Gasteiger partial charge in [0, 0.05) is 16.1 Å². The van der Waals surface area contributed by atoms with E-state index in [-0.39, 0.29) is 16.4 Å². The van der Waals surface area contributed by atoms with Gasteiger partial charge in [0.1, 0.15) is 11.5 Å². The van der Waals surface area contributed by atoms with Gasteiger partial charge in [-0.2, -0.15) is 0 Å². The zero-order valence-electron chi connectivity index (χ0n) is 11.6. The molecule has 0 aliphatic rings. The van der Waals surface area contributed by atoms with Crippen molar-refractivity contribution in [2.45, 2.75) is 11.8 Å². The predicted octanol–water partition coefficient (Wildman–Crippen LogP) is 3.51. The number of sulfone groups is 1. The molecule has 0 bridgehead atoms. The van der Waals surface area contributed by atoms with Gasteiger partial charge in [-0.25, -0.2) is 8.42 Å². The number of methoxy groups -OCH3 is 1. The molecule has 0 aliphatic carbocycles. The number of benzene rings is 2. The average Bonchev–Trinajstić information content (AvgIpc) is 2.49. The summed E-state index contributed by atoms with van der Waals surface area (Å²) < 4.78 is 29.1. The quantitative estimate of drug-likeness (QED) is 0.933. The Morgan fingerprint density at radius 3 is 2.48 bits per heavy atom. The van der Waals surface area contributed by atoms with Crippen LogP contribution < -0.4 is 4.74 Å². The Morgan fingerprint density at radius 2 is 1.86 bits per heavy atom. The van der Waals surface area contributed by atoms with Crippen molar-refractivity contribution >= 4 is 21.4 Å². The monoisotopic (exact) mass is 326 g/mol. The number of phenolic OH excluding ortho intramolecular Hbond substituents is 1. The molecule has 2 aromatic rings. The van der Waals surface area contributed by atoms with Crippen molar-refractivity contribution in [3.05, 3.63) is 41.4 Å². The van der Waals surface area contributed by atoms with Crippen LogP contribution in [0, 0.1) is 0 Å². The molecule has 0 heterocycles. The number of aromatic hydroxyl groups is 1. The summed E-state index contributed by atoms with van der Waals surface area (Å²) in [7, 11) is -1.85. The molecule has 0 spiro atoms. The smallest absolute Gasteiger partial charge is 0.178 e. The fraction of sp³-hybridized carbons (Fsp3) is 0.200. The Bertz CT molecular complexity index is 769. The van der Waals surface area contributed by atoms with Crippen LogP contribution in [0.2, 0.25) is 5.02 Å². The van der Waals surface area contributed by atoms with E-state index >= 15 is 0 Å². The molecule has 2 aromatic carbocycles. The van der Waals surface area contributed by atoms with E-state index in [1.807, 2.05) is 0 Å². The van der Waals surface area contributed by atoms with Gasteiger partial charge in [0.2, 0.25) is 0 Å². The summed E-state index contributed by atoms with van der Waals surface area (Å²) in [5, 5.41) is 10.0. The van der Waals surface area contributed by atoms with Crippen molar-refractivity contribution in [3.63, 3.8) is 0 Å². The first-order valence-electron chi connectivity index (χ1n) is 6.28. The Balaban J connectivity index is 2.63. The van der Waals surface area contributed by atoms with Gasteiger partial charge in [-0.1, -0.05) is 18.5 Å². The summed E-state index contributed by atoms with van der Waals surface area (Å²) >= 11 is 6.13. The standard InChI is InChI=1S/C15H15ClO4S/c1-3-21(18,19)11-5-6-12(15(9-11)20-2)13-8-10(17)4-7-14(13)16/h4-9,17H,3H2,1-2H3. The zero-order chi connectivity index (χ0) is 15.6. The highest BCUT2D eigenvalue weighted by molar-refractivity contribution is 7.91. The summed E-state index contributed by atoms with van der Waals surface area (Å²) in [6, 6.07) is 9.17. The highest BCUT2D eigenvalue weighted by Gasteiger charge is 2.16. The number of rotatable bonds is 4. The second-order valence-electron chi connectivity index (χ2n) is 4.43. The normalized spacial score (nSPS) is 11.4. The van der Waals surface area contributed by atoms with Crippen LogP contribution in [0.1, 0.15) is 6.92 Å². The highest BCUT2D eigenvalue weighted by Crippen LogP contribution is 2.38. The van der Waals surface area contributed by atoms with Crippen LogP contribution in [-0.2, 0) is 9.84 Å². The zero-order valence-corrected chi connectivity index (χ0v) is 13.2. The van der Waals surface area contributed by atoms with Crippen molar-refractivity contribution in [2.24, 2.45) is 0 Å². The second-order valence-corrected chi connectivity index (χ2v) is 7.12. The van der Waals surface area contributed by atoms with Crippen molar-refractivity contribution in [1.82, 2.24) is 0 Å². The molecule has 21 heavy (non-hydrogen) atoms. The fourth-order valence-corrected chi connectivity index (χ4v) is 3.09. The van der Waals surface area contributed by atoms with Crippen molar-refractivity contribution in [2.75, 3.05) is 12.9 Å². The number of hydrogen-bond donors (Lipinski definition) is 1. The minimum atomic E-state index is -3.31. The topological polar surface area (TPSA) is 63.6 Å². The molecule has 0 unspecified atom stereocenters. The van der Waals surface area contributed by atoms with Gasteiger partial charge >= 0.3 is 0 Å². The van der Waals surface area contributed by atoms with E-state index in [1.165, 1.54) is 31.4 Å². The van der Waals surface area contributed by atoms with E-state index in [9.17, 15) is 13.5 Å². The van der Waals surface area contributed by atoms with Crippen molar-refractivity contribution in [3.8, 4) is 22.6 Å². The molecule has 0 aromatic heterocycles. The molecule has 0 amide bonds. The summed E-state index contributed by atoms with van der Waals surface area (Å²) in [6.07, 6.45) is 0. The van der Waals surface area contributed by atoms with E-state index in [0.29, 0.717) is 21.9 Å². The molecule has 0 fully saturated rings. The van der Waals surface area contributed by atoms with Crippen LogP contribution >= 0.6 is 11.6 Å². The van der Waals surface area contributed by atoms with Crippen LogP contribution in [0.4, 0.5) is 0 Å². The lowest BCUT2D eigenvalue weighted by atomic mass is 10.0. The summed E-state index contributed by atoms with van der Waals surface area (Å²) in [6.45, 7) is 1.59. The van der Waals surface area contributed by atoms with Crippen LogP contribution in [-0.4, -0.2) is 26.4 Å². The summed E-state index contributed by atoms with van der Waals surface area (Å²) in [5.74, 6) is 0.473. The third-order valence-electron chi connectivity index (χ3n) is 3.15. The Labute approximate surface area is 128 Å². The second kappa shape index (κ2) is 5.95. The molecule has 0 radical (unpaired) electrons. The number of halogens is 1. The number of ether oxygens (including phenoxy) is 1. The van der Waals surface area contributed by atoms with Gasteiger partial charge in [0.05, 0.1) is 17.8 Å². The Kier molecular flexibility index (Phi) is 4.44. The molecule has 1 N–H and O–H groups in total. The minimum Gasteiger partial charge on any atom is -0.508 e.